The standard InChI is InChI=1S/C17H21ClN2O/c1-9-2-5-12(18)7-13(9)20-14(21)8-19-17-15-10-3-4-11(6-10)16(15)17/h2,5,7,10-11,15-17,19H,3-4,6,8H2,1H3,(H,20,21). The van der Waals surface area contributed by atoms with Crippen LogP contribution in [0, 0.1) is 30.6 Å². The zero-order valence-electron chi connectivity index (χ0n) is 12.2. The molecule has 4 atom stereocenters. The second-order valence-corrected chi connectivity index (χ2v) is 7.34. The van der Waals surface area contributed by atoms with E-state index in [0.29, 0.717) is 17.6 Å². The summed E-state index contributed by atoms with van der Waals surface area (Å²) in [5.41, 5.74) is 1.85. The van der Waals surface area contributed by atoms with Gasteiger partial charge in [0, 0.05) is 16.8 Å². The van der Waals surface area contributed by atoms with Gasteiger partial charge in [0.2, 0.25) is 5.91 Å². The lowest BCUT2D eigenvalue weighted by atomic mass is 10.0. The Bertz CT molecular complexity index is 572. The lowest BCUT2D eigenvalue weighted by Gasteiger charge is -2.12. The molecule has 0 radical (unpaired) electrons. The van der Waals surface area contributed by atoms with Crippen LogP contribution in [0.15, 0.2) is 18.2 Å². The summed E-state index contributed by atoms with van der Waals surface area (Å²) in [6.07, 6.45) is 4.28. The molecule has 4 unspecified atom stereocenters. The van der Waals surface area contributed by atoms with E-state index < -0.39 is 0 Å². The van der Waals surface area contributed by atoms with E-state index in [4.69, 9.17) is 11.6 Å². The van der Waals surface area contributed by atoms with Crippen molar-refractivity contribution in [3.63, 3.8) is 0 Å². The van der Waals surface area contributed by atoms with Crippen molar-refractivity contribution in [2.24, 2.45) is 23.7 Å². The van der Waals surface area contributed by atoms with Gasteiger partial charge in [-0.25, -0.2) is 0 Å². The molecule has 2 bridgehead atoms. The Kier molecular flexibility index (Phi) is 3.23. The Morgan fingerprint density at radius 2 is 2.00 bits per heavy atom. The minimum Gasteiger partial charge on any atom is -0.325 e. The van der Waals surface area contributed by atoms with Crippen molar-refractivity contribution in [3.8, 4) is 0 Å². The smallest absolute Gasteiger partial charge is 0.238 e. The molecule has 4 heteroatoms. The molecule has 3 nitrogen and oxygen atoms in total. The third-order valence-electron chi connectivity index (χ3n) is 5.71. The van der Waals surface area contributed by atoms with Crippen LogP contribution in [0.1, 0.15) is 24.8 Å². The number of anilines is 1. The third-order valence-corrected chi connectivity index (χ3v) is 5.94. The van der Waals surface area contributed by atoms with Crippen LogP contribution in [-0.4, -0.2) is 18.5 Å². The second-order valence-electron chi connectivity index (χ2n) is 6.90. The summed E-state index contributed by atoms with van der Waals surface area (Å²) < 4.78 is 0. The number of nitrogens with one attached hydrogen (secondary N) is 2. The summed E-state index contributed by atoms with van der Waals surface area (Å²) in [6.45, 7) is 2.38. The van der Waals surface area contributed by atoms with Crippen molar-refractivity contribution in [3.05, 3.63) is 28.8 Å². The maximum atomic E-state index is 12.1. The molecule has 3 aliphatic rings. The van der Waals surface area contributed by atoms with Crippen LogP contribution in [0.5, 0.6) is 0 Å². The van der Waals surface area contributed by atoms with Crippen LogP contribution in [0.2, 0.25) is 5.02 Å². The van der Waals surface area contributed by atoms with Gasteiger partial charge in [-0.1, -0.05) is 17.7 Å². The first kappa shape index (κ1) is 13.6. The van der Waals surface area contributed by atoms with E-state index in [1.54, 1.807) is 6.07 Å². The summed E-state index contributed by atoms with van der Waals surface area (Å²) >= 11 is 5.97. The molecule has 0 heterocycles. The van der Waals surface area contributed by atoms with E-state index >= 15 is 0 Å². The van der Waals surface area contributed by atoms with Gasteiger partial charge in [0.05, 0.1) is 6.54 Å². The first-order valence-electron chi connectivity index (χ1n) is 7.93. The maximum absolute atomic E-state index is 12.1. The third kappa shape index (κ3) is 2.36. The highest BCUT2D eigenvalue weighted by Crippen LogP contribution is 2.65. The highest BCUT2D eigenvalue weighted by atomic mass is 35.5. The highest BCUT2D eigenvalue weighted by molar-refractivity contribution is 6.31. The quantitative estimate of drug-likeness (QED) is 0.897. The van der Waals surface area contributed by atoms with Gasteiger partial charge in [-0.15, -0.1) is 0 Å². The molecule has 3 fully saturated rings. The van der Waals surface area contributed by atoms with Gasteiger partial charge in [0.15, 0.2) is 0 Å². The molecule has 1 aromatic carbocycles. The van der Waals surface area contributed by atoms with E-state index in [9.17, 15) is 4.79 Å². The molecule has 1 aromatic rings. The summed E-state index contributed by atoms with van der Waals surface area (Å²) in [7, 11) is 0. The Morgan fingerprint density at radius 3 is 2.71 bits per heavy atom. The molecule has 3 saturated carbocycles. The van der Waals surface area contributed by atoms with Crippen molar-refractivity contribution < 1.29 is 4.79 Å². The average molecular weight is 305 g/mol. The minimum absolute atomic E-state index is 0.0256. The fourth-order valence-electron chi connectivity index (χ4n) is 4.73. The zero-order chi connectivity index (χ0) is 14.6. The van der Waals surface area contributed by atoms with Gasteiger partial charge in [0.25, 0.3) is 0 Å². The molecule has 1 amide bonds. The number of fused-ring (bicyclic) bond motifs is 5. The number of benzene rings is 1. The molecule has 0 aromatic heterocycles. The first-order valence-corrected chi connectivity index (χ1v) is 8.30. The van der Waals surface area contributed by atoms with E-state index in [0.717, 1.165) is 34.9 Å². The molecule has 2 N–H and O–H groups in total. The van der Waals surface area contributed by atoms with Crippen LogP contribution in [-0.2, 0) is 4.79 Å². The lowest BCUT2D eigenvalue weighted by Crippen LogP contribution is -2.32. The molecular formula is C17H21ClN2O. The van der Waals surface area contributed by atoms with Gasteiger partial charge in [-0.05, 0) is 67.6 Å². The van der Waals surface area contributed by atoms with E-state index in [1.807, 2.05) is 19.1 Å². The molecule has 21 heavy (non-hydrogen) atoms. The minimum atomic E-state index is 0.0256. The van der Waals surface area contributed by atoms with E-state index in [1.165, 1.54) is 19.3 Å². The van der Waals surface area contributed by atoms with Crippen LogP contribution in [0.25, 0.3) is 0 Å². The summed E-state index contributed by atoms with van der Waals surface area (Å²) in [5, 5.41) is 7.07. The van der Waals surface area contributed by atoms with Crippen LogP contribution < -0.4 is 10.6 Å². The van der Waals surface area contributed by atoms with Gasteiger partial charge in [-0.2, -0.15) is 0 Å². The highest BCUT2D eigenvalue weighted by Gasteiger charge is 2.64. The molecule has 3 aliphatic carbocycles. The predicted octanol–water partition coefficient (Wildman–Crippen LogP) is 3.22. The average Bonchev–Trinajstić information content (AvgIpc) is 2.84. The Labute approximate surface area is 130 Å². The summed E-state index contributed by atoms with van der Waals surface area (Å²) in [6, 6.07) is 6.17. The van der Waals surface area contributed by atoms with E-state index in [-0.39, 0.29) is 5.91 Å². The normalized spacial score (nSPS) is 35.6. The van der Waals surface area contributed by atoms with Crippen LogP contribution >= 0.6 is 11.6 Å². The number of hydrogen-bond acceptors (Lipinski definition) is 2. The van der Waals surface area contributed by atoms with Gasteiger partial charge in [-0.3, -0.25) is 4.79 Å². The number of hydrogen-bond donors (Lipinski definition) is 2. The Hall–Kier alpha value is -1.06. The molecule has 112 valence electrons. The number of aryl methyl sites for hydroxylation is 1. The van der Waals surface area contributed by atoms with E-state index in [2.05, 4.69) is 10.6 Å². The fraction of sp³-hybridized carbons (Fsp3) is 0.588. The molecule has 0 saturated heterocycles. The maximum Gasteiger partial charge on any atom is 0.238 e. The molecular weight excluding hydrogens is 284 g/mol. The molecule has 0 spiro atoms. The van der Waals surface area contributed by atoms with Gasteiger partial charge >= 0.3 is 0 Å². The summed E-state index contributed by atoms with van der Waals surface area (Å²) in [5.74, 6) is 3.64. The van der Waals surface area contributed by atoms with Crippen molar-refractivity contribution in [2.75, 3.05) is 11.9 Å². The molecule has 4 rings (SSSR count). The SMILES string of the molecule is Cc1ccc(Cl)cc1NC(=O)CNC1C2C3CCC(C3)C12. The monoisotopic (exact) mass is 304 g/mol. The lowest BCUT2D eigenvalue weighted by molar-refractivity contribution is -0.115. The van der Waals surface area contributed by atoms with Crippen LogP contribution in [0.3, 0.4) is 0 Å². The Morgan fingerprint density at radius 1 is 1.29 bits per heavy atom. The zero-order valence-corrected chi connectivity index (χ0v) is 13.0. The van der Waals surface area contributed by atoms with Crippen molar-refractivity contribution in [1.29, 1.82) is 0 Å². The number of carbonyl (C=O) groups excluding carboxylic acids is 1. The van der Waals surface area contributed by atoms with Crippen molar-refractivity contribution in [1.82, 2.24) is 5.32 Å². The van der Waals surface area contributed by atoms with Gasteiger partial charge in [0.1, 0.15) is 0 Å². The second kappa shape index (κ2) is 4.99. The predicted molar refractivity (Wildman–Crippen MR) is 84.4 cm³/mol. The number of rotatable bonds is 4. The Balaban J connectivity index is 1.30. The summed E-state index contributed by atoms with van der Waals surface area (Å²) in [4.78, 5) is 12.1. The number of amides is 1. The molecule has 0 aliphatic heterocycles. The topological polar surface area (TPSA) is 41.1 Å². The fourth-order valence-corrected chi connectivity index (χ4v) is 4.90. The number of halogens is 1. The van der Waals surface area contributed by atoms with Gasteiger partial charge < -0.3 is 10.6 Å². The number of carbonyl (C=O) groups is 1. The van der Waals surface area contributed by atoms with Crippen molar-refractivity contribution >= 4 is 23.2 Å². The van der Waals surface area contributed by atoms with Crippen molar-refractivity contribution in [2.45, 2.75) is 32.2 Å². The van der Waals surface area contributed by atoms with Crippen LogP contribution in [0.4, 0.5) is 5.69 Å². The largest absolute Gasteiger partial charge is 0.325 e. The first-order chi connectivity index (χ1) is 10.1.